The Hall–Kier alpha value is -0.890. The summed E-state index contributed by atoms with van der Waals surface area (Å²) in [6, 6.07) is -1.04. The minimum absolute atomic E-state index is 0.294. The number of azide groups is 1. The molecule has 0 saturated carbocycles. The predicted octanol–water partition coefficient (Wildman–Crippen LogP) is -1.12. The van der Waals surface area contributed by atoms with Gasteiger partial charge in [-0.2, -0.15) is 0 Å². The van der Waals surface area contributed by atoms with Gasteiger partial charge in [-0.15, -0.1) is 0 Å². The van der Waals surface area contributed by atoms with E-state index in [1.165, 1.54) is 0 Å². The molecule has 0 bridgehead atoms. The highest BCUT2D eigenvalue weighted by atomic mass is 16.6. The van der Waals surface area contributed by atoms with E-state index in [1.54, 1.807) is 6.92 Å². The fourth-order valence-electron chi connectivity index (χ4n) is 1.63. The monoisotopic (exact) mass is 233 g/mol. The van der Waals surface area contributed by atoms with Gasteiger partial charge in [-0.3, -0.25) is 0 Å². The summed E-state index contributed by atoms with van der Waals surface area (Å²) in [6.07, 6.45) is -6.23. The van der Waals surface area contributed by atoms with E-state index < -0.39 is 36.7 Å². The van der Waals surface area contributed by atoms with Crippen LogP contribution >= 0.6 is 0 Å². The van der Waals surface area contributed by atoms with Crippen LogP contribution in [0.5, 0.6) is 0 Å². The van der Waals surface area contributed by atoms with E-state index in [1.807, 2.05) is 0 Å². The molecule has 0 aliphatic carbocycles. The zero-order valence-electron chi connectivity index (χ0n) is 8.71. The van der Waals surface area contributed by atoms with Crippen molar-refractivity contribution in [3.8, 4) is 0 Å². The van der Waals surface area contributed by atoms with Gasteiger partial charge in [0.2, 0.25) is 0 Å². The topological polar surface area (TPSA) is 139 Å². The van der Waals surface area contributed by atoms with Crippen molar-refractivity contribution in [2.75, 3.05) is 0 Å². The van der Waals surface area contributed by atoms with Gasteiger partial charge < -0.3 is 25.2 Å². The Morgan fingerprint density at radius 3 is 2.38 bits per heavy atom. The zero-order chi connectivity index (χ0) is 12.3. The van der Waals surface area contributed by atoms with Gasteiger partial charge in [0, 0.05) is 4.91 Å². The van der Waals surface area contributed by atoms with Crippen LogP contribution in [0.4, 0.5) is 0 Å². The lowest BCUT2D eigenvalue weighted by molar-refractivity contribution is -0.135. The summed E-state index contributed by atoms with van der Waals surface area (Å²) in [5.41, 5.74) is 8.34. The van der Waals surface area contributed by atoms with Crippen LogP contribution in [0.15, 0.2) is 5.11 Å². The first-order chi connectivity index (χ1) is 7.52. The van der Waals surface area contributed by atoms with Crippen molar-refractivity contribution in [2.45, 2.75) is 50.1 Å². The molecule has 0 radical (unpaired) electrons. The van der Waals surface area contributed by atoms with Gasteiger partial charge in [0.25, 0.3) is 0 Å². The number of hydrogen-bond donors (Lipinski definition) is 4. The van der Waals surface area contributed by atoms with Gasteiger partial charge in [-0.1, -0.05) is 12.0 Å². The van der Waals surface area contributed by atoms with Crippen LogP contribution in [0.3, 0.4) is 0 Å². The number of ether oxygens (including phenoxy) is 1. The lowest BCUT2D eigenvalue weighted by Crippen LogP contribution is -2.43. The molecule has 8 heteroatoms. The number of nitrogens with zero attached hydrogens (tertiary/aromatic N) is 3. The van der Waals surface area contributed by atoms with Crippen molar-refractivity contribution >= 4 is 0 Å². The molecule has 1 saturated heterocycles. The van der Waals surface area contributed by atoms with E-state index in [9.17, 15) is 15.3 Å². The van der Waals surface area contributed by atoms with Crippen LogP contribution < -0.4 is 0 Å². The van der Waals surface area contributed by atoms with Gasteiger partial charge >= 0.3 is 0 Å². The van der Waals surface area contributed by atoms with Crippen molar-refractivity contribution in [2.24, 2.45) is 5.11 Å². The maximum Gasteiger partial charge on any atom is 0.183 e. The van der Waals surface area contributed by atoms with E-state index in [0.717, 1.165) is 0 Å². The molecule has 0 spiro atoms. The van der Waals surface area contributed by atoms with Crippen LogP contribution in [-0.2, 0) is 4.74 Å². The average molecular weight is 233 g/mol. The Labute approximate surface area is 91.7 Å². The van der Waals surface area contributed by atoms with E-state index in [-0.39, 0.29) is 0 Å². The second-order valence-corrected chi connectivity index (χ2v) is 3.64. The van der Waals surface area contributed by atoms with E-state index in [4.69, 9.17) is 15.4 Å². The van der Waals surface area contributed by atoms with E-state index in [2.05, 4.69) is 10.0 Å². The molecule has 1 fully saturated rings. The molecule has 1 rings (SSSR count). The van der Waals surface area contributed by atoms with Crippen LogP contribution in [0.2, 0.25) is 0 Å². The summed E-state index contributed by atoms with van der Waals surface area (Å²) in [4.78, 5) is 2.54. The molecular formula is C8H15N3O5. The molecule has 92 valence electrons. The summed E-state index contributed by atoms with van der Waals surface area (Å²) in [5.74, 6) is 0. The number of rotatable bonds is 4. The summed E-state index contributed by atoms with van der Waals surface area (Å²) >= 11 is 0. The zero-order valence-corrected chi connectivity index (χ0v) is 8.71. The van der Waals surface area contributed by atoms with Gasteiger partial charge in [-0.05, 0) is 12.0 Å². The Bertz CT molecular complexity index is 283. The smallest absolute Gasteiger partial charge is 0.183 e. The first kappa shape index (κ1) is 13.2. The van der Waals surface area contributed by atoms with Crippen molar-refractivity contribution in [3.05, 3.63) is 10.4 Å². The fourth-order valence-corrected chi connectivity index (χ4v) is 1.63. The maximum atomic E-state index is 9.58. The summed E-state index contributed by atoms with van der Waals surface area (Å²) in [7, 11) is 0. The molecule has 16 heavy (non-hydrogen) atoms. The molecule has 8 nitrogen and oxygen atoms in total. The fraction of sp³-hybridized carbons (Fsp3) is 1.00. The van der Waals surface area contributed by atoms with Crippen molar-refractivity contribution in [1.82, 2.24) is 0 Å². The highest BCUT2D eigenvalue weighted by molar-refractivity contribution is 4.96. The molecule has 4 N–H and O–H groups in total. The lowest BCUT2D eigenvalue weighted by atomic mass is 9.98. The molecule has 0 amide bonds. The lowest BCUT2D eigenvalue weighted by Gasteiger charge is -2.24. The highest BCUT2D eigenvalue weighted by Gasteiger charge is 2.46. The van der Waals surface area contributed by atoms with Crippen LogP contribution in [0.25, 0.3) is 10.4 Å². The Balaban J connectivity index is 2.83. The van der Waals surface area contributed by atoms with Crippen LogP contribution in [0, 0.1) is 0 Å². The quantitative estimate of drug-likeness (QED) is 0.276. The molecule has 4 unspecified atom stereocenters. The van der Waals surface area contributed by atoms with Crippen LogP contribution in [-0.4, -0.2) is 57.2 Å². The van der Waals surface area contributed by atoms with Gasteiger partial charge in [0.05, 0.1) is 12.1 Å². The average Bonchev–Trinajstić information content (AvgIpc) is 2.53. The largest absolute Gasteiger partial charge is 0.393 e. The van der Waals surface area contributed by atoms with Crippen LogP contribution in [0.1, 0.15) is 13.3 Å². The Kier molecular flexibility index (Phi) is 4.48. The third-order valence-corrected chi connectivity index (χ3v) is 2.61. The summed E-state index contributed by atoms with van der Waals surface area (Å²) in [5, 5.41) is 40.9. The first-order valence-electron chi connectivity index (χ1n) is 4.94. The van der Waals surface area contributed by atoms with Crippen molar-refractivity contribution in [1.29, 1.82) is 0 Å². The van der Waals surface area contributed by atoms with Crippen molar-refractivity contribution in [3.63, 3.8) is 0 Å². The predicted molar refractivity (Wildman–Crippen MR) is 52.1 cm³/mol. The van der Waals surface area contributed by atoms with Gasteiger partial charge in [0.15, 0.2) is 6.29 Å². The van der Waals surface area contributed by atoms with Crippen molar-refractivity contribution < 1.29 is 25.2 Å². The molecule has 1 aliphatic heterocycles. The molecule has 0 aromatic carbocycles. The number of hydrogen-bond acceptors (Lipinski definition) is 6. The first-order valence-corrected chi connectivity index (χ1v) is 4.94. The maximum absolute atomic E-state index is 9.58. The van der Waals surface area contributed by atoms with Gasteiger partial charge in [0.1, 0.15) is 18.3 Å². The number of aliphatic hydroxyl groups excluding tert-OH is 4. The summed E-state index contributed by atoms with van der Waals surface area (Å²) < 4.78 is 4.85. The molecule has 0 aromatic rings. The van der Waals surface area contributed by atoms with E-state index in [0.29, 0.717) is 6.42 Å². The van der Waals surface area contributed by atoms with E-state index >= 15 is 0 Å². The summed E-state index contributed by atoms with van der Waals surface area (Å²) in [6.45, 7) is 1.67. The highest BCUT2D eigenvalue weighted by Crippen LogP contribution is 2.26. The minimum Gasteiger partial charge on any atom is -0.393 e. The second kappa shape index (κ2) is 5.44. The molecule has 1 heterocycles. The number of aliphatic hydroxyl groups is 4. The molecule has 0 aromatic heterocycles. The molecule has 6 atom stereocenters. The Morgan fingerprint density at radius 1 is 1.38 bits per heavy atom. The third-order valence-electron chi connectivity index (χ3n) is 2.61. The second-order valence-electron chi connectivity index (χ2n) is 3.64. The minimum atomic E-state index is -1.54. The third kappa shape index (κ3) is 2.43. The van der Waals surface area contributed by atoms with Gasteiger partial charge in [-0.25, -0.2) is 0 Å². The Morgan fingerprint density at radius 2 is 2.00 bits per heavy atom. The SMILES string of the molecule is CCC(O)C(N=[N+]=[N-])[C@H]1O[C@@H](O)C(O)C1O. The molecular weight excluding hydrogens is 218 g/mol. The standard InChI is InChI=1S/C8H15N3O5/c1-2-3(12)4(10-11-9)7-5(13)6(14)8(15)16-7/h3-8,12-15H,2H2,1H3/t3?,4?,5?,6?,7-,8-/m1/s1. The molecule has 1 aliphatic rings. The normalized spacial score (nSPS) is 37.8.